The van der Waals surface area contributed by atoms with Crippen LogP contribution in [0.3, 0.4) is 0 Å². The Bertz CT molecular complexity index is 1360. The van der Waals surface area contributed by atoms with Gasteiger partial charge in [0.15, 0.2) is 6.10 Å². The van der Waals surface area contributed by atoms with E-state index in [9.17, 15) is 14.4 Å². The molecule has 0 aliphatic heterocycles. The average molecular weight is 946 g/mol. The summed E-state index contributed by atoms with van der Waals surface area (Å²) in [5.74, 6) is -0.940. The molecule has 0 fully saturated rings. The van der Waals surface area contributed by atoms with Crippen LogP contribution in [0.1, 0.15) is 258 Å². The van der Waals surface area contributed by atoms with E-state index in [1.807, 2.05) is 0 Å². The van der Waals surface area contributed by atoms with Crippen LogP contribution in [0, 0.1) is 0 Å². The standard InChI is InChI=1S/C62H104O6/c1-4-7-10-13-16-19-22-25-28-30-32-34-37-40-43-46-49-52-55-61(64)67-58-59(57-66-60(63)54-51-48-45-42-39-36-33-27-24-21-18-15-12-9-6-3)68-62(65)56-53-50-47-44-41-38-35-31-29-26-23-20-17-14-11-8-5-2/h8,11,17-22,26-30,33,35,38,59H,4-7,9-10,12-16,23-25,31-32,34,36-37,39-58H2,1-3H3/b11-8-,20-17-,21-18-,22-19-,29-26-,30-28-,33-27-,38-35-. The quantitative estimate of drug-likeness (QED) is 0.0262. The lowest BCUT2D eigenvalue weighted by molar-refractivity contribution is -0.167. The lowest BCUT2D eigenvalue weighted by Gasteiger charge is -2.18. The molecule has 0 aromatic rings. The summed E-state index contributed by atoms with van der Waals surface area (Å²) in [6.45, 7) is 6.45. The van der Waals surface area contributed by atoms with E-state index < -0.39 is 6.10 Å². The molecule has 6 nitrogen and oxygen atoms in total. The SMILES string of the molecule is CC/C=C\C/C=C\C/C=C\C/C=C\CCCCCCC(=O)OC(COC(=O)CCCCCCC/C=C\C/C=C\CCCCC)COC(=O)CCCCCCCCC/C=C\C/C=C\CCCCCC. The van der Waals surface area contributed by atoms with Gasteiger partial charge in [-0.15, -0.1) is 0 Å². The maximum atomic E-state index is 12.8. The highest BCUT2D eigenvalue weighted by molar-refractivity contribution is 5.71. The zero-order valence-corrected chi connectivity index (χ0v) is 44.3. The second kappa shape index (κ2) is 55.9. The number of carbonyl (C=O) groups is 3. The minimum Gasteiger partial charge on any atom is -0.462 e. The number of rotatable bonds is 50. The first-order valence-electron chi connectivity index (χ1n) is 28.2. The zero-order valence-electron chi connectivity index (χ0n) is 44.3. The highest BCUT2D eigenvalue weighted by Gasteiger charge is 2.19. The van der Waals surface area contributed by atoms with Gasteiger partial charge in [0.25, 0.3) is 0 Å². The number of unbranched alkanes of at least 4 members (excludes halogenated alkanes) is 23. The summed E-state index contributed by atoms with van der Waals surface area (Å²) in [6, 6.07) is 0. The molecule has 0 radical (unpaired) electrons. The van der Waals surface area contributed by atoms with Crippen molar-refractivity contribution >= 4 is 17.9 Å². The molecule has 0 spiro atoms. The topological polar surface area (TPSA) is 78.9 Å². The fraction of sp³-hybridized carbons (Fsp3) is 0.694. The molecule has 6 heteroatoms. The molecule has 1 atom stereocenters. The van der Waals surface area contributed by atoms with Crippen LogP contribution in [0.25, 0.3) is 0 Å². The van der Waals surface area contributed by atoms with E-state index in [0.29, 0.717) is 19.3 Å². The van der Waals surface area contributed by atoms with Gasteiger partial charge in [0.2, 0.25) is 0 Å². The van der Waals surface area contributed by atoms with Gasteiger partial charge in [0.05, 0.1) is 0 Å². The number of hydrogen-bond donors (Lipinski definition) is 0. The van der Waals surface area contributed by atoms with E-state index in [2.05, 4.69) is 118 Å². The van der Waals surface area contributed by atoms with Crippen molar-refractivity contribution in [3.05, 3.63) is 97.2 Å². The predicted molar refractivity (Wildman–Crippen MR) is 293 cm³/mol. The molecule has 0 aromatic carbocycles. The number of esters is 3. The Morgan fingerprint density at radius 3 is 0.926 bits per heavy atom. The van der Waals surface area contributed by atoms with Gasteiger partial charge >= 0.3 is 17.9 Å². The van der Waals surface area contributed by atoms with Crippen molar-refractivity contribution < 1.29 is 28.6 Å². The molecule has 0 rings (SSSR count). The molecule has 0 N–H and O–H groups in total. The summed E-state index contributed by atoms with van der Waals surface area (Å²) in [5.41, 5.74) is 0. The van der Waals surface area contributed by atoms with E-state index in [0.717, 1.165) is 135 Å². The lowest BCUT2D eigenvalue weighted by atomic mass is 10.1. The molecule has 0 aliphatic rings. The number of ether oxygens (including phenoxy) is 3. The maximum Gasteiger partial charge on any atom is 0.306 e. The Morgan fingerprint density at radius 1 is 0.309 bits per heavy atom. The molecule has 0 heterocycles. The number of carbonyl (C=O) groups excluding carboxylic acids is 3. The van der Waals surface area contributed by atoms with Gasteiger partial charge in [-0.3, -0.25) is 14.4 Å². The van der Waals surface area contributed by atoms with Crippen LogP contribution < -0.4 is 0 Å². The van der Waals surface area contributed by atoms with Gasteiger partial charge in [-0.05, 0) is 122 Å². The van der Waals surface area contributed by atoms with E-state index in [4.69, 9.17) is 14.2 Å². The van der Waals surface area contributed by atoms with Crippen molar-refractivity contribution in [2.75, 3.05) is 13.2 Å². The Kier molecular flexibility index (Phi) is 52.9. The van der Waals surface area contributed by atoms with Crippen LogP contribution in [0.4, 0.5) is 0 Å². The normalized spacial score (nSPS) is 12.8. The van der Waals surface area contributed by atoms with Gasteiger partial charge in [-0.2, -0.15) is 0 Å². The van der Waals surface area contributed by atoms with E-state index in [-0.39, 0.29) is 31.1 Å². The van der Waals surface area contributed by atoms with E-state index in [1.165, 1.54) is 83.5 Å². The van der Waals surface area contributed by atoms with E-state index in [1.54, 1.807) is 0 Å². The van der Waals surface area contributed by atoms with Crippen LogP contribution in [-0.4, -0.2) is 37.2 Å². The minimum atomic E-state index is -0.801. The van der Waals surface area contributed by atoms with Gasteiger partial charge in [-0.1, -0.05) is 214 Å². The zero-order chi connectivity index (χ0) is 49.3. The number of allylic oxidation sites excluding steroid dienone is 16. The first-order chi connectivity index (χ1) is 33.5. The fourth-order valence-corrected chi connectivity index (χ4v) is 7.55. The highest BCUT2D eigenvalue weighted by atomic mass is 16.6. The molecular weight excluding hydrogens is 841 g/mol. The van der Waals surface area contributed by atoms with Crippen LogP contribution >= 0.6 is 0 Å². The summed E-state index contributed by atoms with van der Waals surface area (Å²) in [4.78, 5) is 38.1. The molecule has 0 aliphatic carbocycles. The van der Waals surface area contributed by atoms with Gasteiger partial charge in [0.1, 0.15) is 13.2 Å². The lowest BCUT2D eigenvalue weighted by Crippen LogP contribution is -2.30. The third kappa shape index (κ3) is 53.3. The Morgan fingerprint density at radius 2 is 0.574 bits per heavy atom. The molecule has 0 saturated carbocycles. The van der Waals surface area contributed by atoms with Gasteiger partial charge < -0.3 is 14.2 Å². The molecule has 68 heavy (non-hydrogen) atoms. The summed E-state index contributed by atoms with van der Waals surface area (Å²) in [6.07, 6.45) is 73.9. The van der Waals surface area contributed by atoms with Crippen LogP contribution in [0.15, 0.2) is 97.2 Å². The Balaban J connectivity index is 4.47. The second-order valence-electron chi connectivity index (χ2n) is 18.5. The van der Waals surface area contributed by atoms with Gasteiger partial charge in [0, 0.05) is 19.3 Å². The molecular formula is C62H104O6. The smallest absolute Gasteiger partial charge is 0.306 e. The largest absolute Gasteiger partial charge is 0.462 e. The molecule has 0 bridgehead atoms. The fourth-order valence-electron chi connectivity index (χ4n) is 7.55. The van der Waals surface area contributed by atoms with Gasteiger partial charge in [-0.25, -0.2) is 0 Å². The van der Waals surface area contributed by atoms with Crippen LogP contribution in [-0.2, 0) is 28.6 Å². The Labute approximate surface area is 419 Å². The molecule has 1 unspecified atom stereocenters. The summed E-state index contributed by atoms with van der Waals surface area (Å²) in [7, 11) is 0. The van der Waals surface area contributed by atoms with Crippen LogP contribution in [0.2, 0.25) is 0 Å². The van der Waals surface area contributed by atoms with Crippen molar-refractivity contribution in [2.45, 2.75) is 264 Å². The van der Waals surface area contributed by atoms with Crippen LogP contribution in [0.5, 0.6) is 0 Å². The number of hydrogen-bond acceptors (Lipinski definition) is 6. The average Bonchev–Trinajstić information content (AvgIpc) is 3.34. The monoisotopic (exact) mass is 945 g/mol. The molecule has 0 saturated heterocycles. The molecule has 388 valence electrons. The highest BCUT2D eigenvalue weighted by Crippen LogP contribution is 2.14. The molecule has 0 amide bonds. The second-order valence-corrected chi connectivity index (χ2v) is 18.5. The predicted octanol–water partition coefficient (Wildman–Crippen LogP) is 18.9. The maximum absolute atomic E-state index is 12.8. The molecule has 0 aromatic heterocycles. The van der Waals surface area contributed by atoms with Crippen molar-refractivity contribution in [3.8, 4) is 0 Å². The first-order valence-corrected chi connectivity index (χ1v) is 28.2. The summed E-state index contributed by atoms with van der Waals surface area (Å²) < 4.78 is 16.8. The summed E-state index contributed by atoms with van der Waals surface area (Å²) in [5, 5.41) is 0. The summed E-state index contributed by atoms with van der Waals surface area (Å²) >= 11 is 0. The van der Waals surface area contributed by atoms with Crippen molar-refractivity contribution in [1.29, 1.82) is 0 Å². The third-order valence-electron chi connectivity index (χ3n) is 11.8. The van der Waals surface area contributed by atoms with E-state index >= 15 is 0 Å². The first kappa shape index (κ1) is 64.3. The minimum absolute atomic E-state index is 0.0970. The van der Waals surface area contributed by atoms with Crippen molar-refractivity contribution in [3.63, 3.8) is 0 Å². The Hall–Kier alpha value is -3.67. The third-order valence-corrected chi connectivity index (χ3v) is 11.8. The van der Waals surface area contributed by atoms with Crippen molar-refractivity contribution in [2.24, 2.45) is 0 Å². The van der Waals surface area contributed by atoms with Crippen molar-refractivity contribution in [1.82, 2.24) is 0 Å².